The highest BCUT2D eigenvalue weighted by Crippen LogP contribution is 2.27. The van der Waals surface area contributed by atoms with Crippen molar-refractivity contribution < 1.29 is 13.9 Å². The Balaban J connectivity index is 2.00. The second-order valence-electron chi connectivity index (χ2n) is 3.75. The zero-order chi connectivity index (χ0) is 11.5. The van der Waals surface area contributed by atoms with E-state index in [1.165, 1.54) is 6.07 Å². The minimum absolute atomic E-state index is 0.113. The molecule has 2 N–H and O–H groups in total. The van der Waals surface area contributed by atoms with Gasteiger partial charge in [-0.1, -0.05) is 0 Å². The molecule has 0 amide bonds. The number of halogens is 2. The summed E-state index contributed by atoms with van der Waals surface area (Å²) in [5.41, 5.74) is 6.20. The molecular formula is C11H13FINO2. The standard InChI is InChI=1S/C11H13FINO2/c12-8-4-11(10(14)5-9(8)13)16-6-7-2-1-3-15-7/h4-5,7H,1-3,6,14H2. The number of hydrogen-bond donors (Lipinski definition) is 1. The summed E-state index contributed by atoms with van der Waals surface area (Å²) < 4.78 is 24.7. The predicted molar refractivity (Wildman–Crippen MR) is 68.0 cm³/mol. The van der Waals surface area contributed by atoms with Gasteiger partial charge >= 0.3 is 0 Å². The fraction of sp³-hybridized carbons (Fsp3) is 0.455. The van der Waals surface area contributed by atoms with Crippen molar-refractivity contribution >= 4 is 28.3 Å². The topological polar surface area (TPSA) is 44.5 Å². The molecule has 0 spiro atoms. The largest absolute Gasteiger partial charge is 0.489 e. The lowest BCUT2D eigenvalue weighted by molar-refractivity contribution is 0.0681. The van der Waals surface area contributed by atoms with Gasteiger partial charge in [0.2, 0.25) is 0 Å². The second kappa shape index (κ2) is 5.18. The quantitative estimate of drug-likeness (QED) is 0.681. The molecule has 0 saturated carbocycles. The van der Waals surface area contributed by atoms with E-state index in [0.717, 1.165) is 19.4 Å². The Morgan fingerprint density at radius 3 is 3.06 bits per heavy atom. The molecule has 88 valence electrons. The van der Waals surface area contributed by atoms with Gasteiger partial charge in [-0.2, -0.15) is 0 Å². The van der Waals surface area contributed by atoms with Crippen LogP contribution in [-0.2, 0) is 4.74 Å². The van der Waals surface area contributed by atoms with E-state index < -0.39 is 0 Å². The van der Waals surface area contributed by atoms with Crippen LogP contribution in [0.4, 0.5) is 10.1 Å². The number of nitrogen functional groups attached to an aromatic ring is 1. The molecule has 0 bridgehead atoms. The minimum Gasteiger partial charge on any atom is -0.489 e. The van der Waals surface area contributed by atoms with Crippen LogP contribution in [0.3, 0.4) is 0 Å². The SMILES string of the molecule is Nc1cc(I)c(F)cc1OCC1CCCO1. The predicted octanol–water partition coefficient (Wildman–Crippen LogP) is 2.57. The number of nitrogens with two attached hydrogens (primary N) is 1. The van der Waals surface area contributed by atoms with E-state index >= 15 is 0 Å². The molecule has 1 fully saturated rings. The van der Waals surface area contributed by atoms with E-state index in [1.54, 1.807) is 6.07 Å². The zero-order valence-corrected chi connectivity index (χ0v) is 10.9. The molecule has 0 aromatic heterocycles. The first-order chi connectivity index (χ1) is 7.66. The average molecular weight is 337 g/mol. The van der Waals surface area contributed by atoms with Crippen molar-refractivity contribution in [2.45, 2.75) is 18.9 Å². The van der Waals surface area contributed by atoms with E-state index in [0.29, 0.717) is 21.6 Å². The van der Waals surface area contributed by atoms with Gasteiger partial charge in [0.15, 0.2) is 0 Å². The van der Waals surface area contributed by atoms with Crippen LogP contribution in [0, 0.1) is 9.39 Å². The van der Waals surface area contributed by atoms with E-state index in [9.17, 15) is 4.39 Å². The molecule has 0 aliphatic carbocycles. The fourth-order valence-electron chi connectivity index (χ4n) is 1.63. The third-order valence-electron chi connectivity index (χ3n) is 2.50. The van der Waals surface area contributed by atoms with Crippen LogP contribution in [0.1, 0.15) is 12.8 Å². The molecule has 2 rings (SSSR count). The summed E-state index contributed by atoms with van der Waals surface area (Å²) in [6, 6.07) is 2.90. The molecule has 1 heterocycles. The van der Waals surface area contributed by atoms with E-state index in [-0.39, 0.29) is 11.9 Å². The summed E-state index contributed by atoms with van der Waals surface area (Å²) in [7, 11) is 0. The van der Waals surface area contributed by atoms with Gasteiger partial charge in [0.25, 0.3) is 0 Å². The van der Waals surface area contributed by atoms with Gasteiger partial charge in [-0.05, 0) is 41.5 Å². The Hall–Kier alpha value is -0.560. The smallest absolute Gasteiger partial charge is 0.145 e. The molecule has 5 heteroatoms. The van der Waals surface area contributed by atoms with Crippen molar-refractivity contribution in [1.29, 1.82) is 0 Å². The molecule has 1 saturated heterocycles. The van der Waals surface area contributed by atoms with Crippen LogP contribution in [0.25, 0.3) is 0 Å². The van der Waals surface area contributed by atoms with Gasteiger partial charge in [0.1, 0.15) is 18.2 Å². The van der Waals surface area contributed by atoms with Crippen LogP contribution in [0.2, 0.25) is 0 Å². The van der Waals surface area contributed by atoms with E-state index in [4.69, 9.17) is 15.2 Å². The maximum Gasteiger partial charge on any atom is 0.145 e. The fourth-order valence-corrected chi connectivity index (χ4v) is 2.12. The minimum atomic E-state index is -0.308. The highest BCUT2D eigenvalue weighted by atomic mass is 127. The first kappa shape index (κ1) is 11.9. The summed E-state index contributed by atoms with van der Waals surface area (Å²) >= 11 is 1.90. The van der Waals surface area contributed by atoms with Crippen LogP contribution in [-0.4, -0.2) is 19.3 Å². The maximum absolute atomic E-state index is 13.3. The number of hydrogen-bond acceptors (Lipinski definition) is 3. The summed E-state index contributed by atoms with van der Waals surface area (Å²) in [6.45, 7) is 1.22. The lowest BCUT2D eigenvalue weighted by atomic mass is 10.2. The van der Waals surface area contributed by atoms with E-state index in [1.807, 2.05) is 22.6 Å². The molecule has 1 aromatic carbocycles. The third kappa shape index (κ3) is 2.76. The van der Waals surface area contributed by atoms with Crippen molar-refractivity contribution in [2.24, 2.45) is 0 Å². The van der Waals surface area contributed by atoms with Gasteiger partial charge in [-0.15, -0.1) is 0 Å². The van der Waals surface area contributed by atoms with Crippen LogP contribution < -0.4 is 10.5 Å². The van der Waals surface area contributed by atoms with Crippen LogP contribution in [0.15, 0.2) is 12.1 Å². The van der Waals surface area contributed by atoms with Gasteiger partial charge < -0.3 is 15.2 Å². The summed E-state index contributed by atoms with van der Waals surface area (Å²) in [5, 5.41) is 0. The molecule has 16 heavy (non-hydrogen) atoms. The Labute approximate surface area is 107 Å². The van der Waals surface area contributed by atoms with Gasteiger partial charge in [-0.25, -0.2) is 4.39 Å². The lowest BCUT2D eigenvalue weighted by Gasteiger charge is -2.13. The molecule has 1 unspecified atom stereocenters. The summed E-state index contributed by atoms with van der Waals surface area (Å²) in [5.74, 6) is 0.0885. The molecule has 1 aliphatic rings. The highest BCUT2D eigenvalue weighted by molar-refractivity contribution is 14.1. The first-order valence-corrected chi connectivity index (χ1v) is 6.23. The third-order valence-corrected chi connectivity index (χ3v) is 3.33. The first-order valence-electron chi connectivity index (χ1n) is 5.16. The molecule has 0 radical (unpaired) electrons. The maximum atomic E-state index is 13.3. The van der Waals surface area contributed by atoms with Crippen molar-refractivity contribution in [3.63, 3.8) is 0 Å². The van der Waals surface area contributed by atoms with Crippen molar-refractivity contribution in [1.82, 2.24) is 0 Å². The van der Waals surface area contributed by atoms with Gasteiger partial charge in [0, 0.05) is 12.7 Å². The molecular weight excluding hydrogens is 324 g/mol. The molecule has 3 nitrogen and oxygen atoms in total. The van der Waals surface area contributed by atoms with Gasteiger partial charge in [0.05, 0.1) is 15.4 Å². The molecule has 1 atom stereocenters. The number of ether oxygens (including phenoxy) is 2. The Kier molecular flexibility index (Phi) is 3.86. The molecule has 1 aliphatic heterocycles. The zero-order valence-electron chi connectivity index (χ0n) is 8.71. The Bertz CT molecular complexity index is 380. The monoisotopic (exact) mass is 337 g/mol. The Morgan fingerprint density at radius 2 is 2.38 bits per heavy atom. The molecule has 1 aromatic rings. The van der Waals surface area contributed by atoms with Gasteiger partial charge in [-0.3, -0.25) is 0 Å². The number of anilines is 1. The van der Waals surface area contributed by atoms with Crippen molar-refractivity contribution in [2.75, 3.05) is 18.9 Å². The van der Waals surface area contributed by atoms with E-state index in [2.05, 4.69) is 0 Å². The number of rotatable bonds is 3. The average Bonchev–Trinajstić information content (AvgIpc) is 2.74. The normalized spacial score (nSPS) is 20.0. The summed E-state index contributed by atoms with van der Waals surface area (Å²) in [4.78, 5) is 0. The van der Waals surface area contributed by atoms with Crippen LogP contribution in [0.5, 0.6) is 5.75 Å². The Morgan fingerprint density at radius 1 is 1.56 bits per heavy atom. The van der Waals surface area contributed by atoms with Crippen molar-refractivity contribution in [3.05, 3.63) is 21.5 Å². The van der Waals surface area contributed by atoms with Crippen LogP contribution >= 0.6 is 22.6 Å². The number of benzene rings is 1. The highest BCUT2D eigenvalue weighted by Gasteiger charge is 2.17. The lowest BCUT2D eigenvalue weighted by Crippen LogP contribution is -2.16. The van der Waals surface area contributed by atoms with Crippen molar-refractivity contribution in [3.8, 4) is 5.75 Å². The second-order valence-corrected chi connectivity index (χ2v) is 4.91. The summed E-state index contributed by atoms with van der Waals surface area (Å²) in [6.07, 6.45) is 2.17.